The first-order chi connectivity index (χ1) is 9.61. The highest BCUT2D eigenvalue weighted by Gasteiger charge is 2.03. The molecule has 0 bridgehead atoms. The second-order valence-electron chi connectivity index (χ2n) is 3.51. The first-order valence-corrected chi connectivity index (χ1v) is 7.65. The van der Waals surface area contributed by atoms with Crippen molar-refractivity contribution in [3.8, 4) is 0 Å². The Morgan fingerprint density at radius 3 is 2.50 bits per heavy atom. The molecule has 0 saturated carbocycles. The molecule has 0 spiro atoms. The van der Waals surface area contributed by atoms with E-state index in [1.807, 2.05) is 0 Å². The van der Waals surface area contributed by atoms with Gasteiger partial charge in [0.1, 0.15) is 0 Å². The lowest BCUT2D eigenvalue weighted by molar-refractivity contribution is 0.260. The Morgan fingerprint density at radius 2 is 1.85 bits per heavy atom. The molecule has 0 fully saturated rings. The number of unbranched alkanes of at least 4 members (excludes halogenated alkanes) is 1. The normalized spacial score (nSPS) is 12.3. The molecule has 11 heteroatoms. The molecule has 1 rings (SSSR count). The van der Waals surface area contributed by atoms with Crippen molar-refractivity contribution in [2.24, 2.45) is 0 Å². The van der Waals surface area contributed by atoms with Gasteiger partial charge in [0.25, 0.3) is 0 Å². The molecule has 3 N–H and O–H groups in total. The Bertz CT molecular complexity index is 420. The fourth-order valence-electron chi connectivity index (χ4n) is 1.10. The van der Waals surface area contributed by atoms with Crippen LogP contribution in [0.3, 0.4) is 0 Å². The third kappa shape index (κ3) is 7.88. The highest BCUT2D eigenvalue weighted by atomic mass is 35.5. The molecule has 1 atom stereocenters. The lowest BCUT2D eigenvalue weighted by atomic mass is 10.3. The van der Waals surface area contributed by atoms with Crippen LogP contribution in [0.2, 0.25) is 10.6 Å². The molecule has 8 nitrogen and oxygen atoms in total. The molecule has 0 radical (unpaired) electrons. The molecule has 0 aromatic carbocycles. The zero-order valence-electron chi connectivity index (χ0n) is 10.5. The average molecular weight is 344 g/mol. The van der Waals surface area contributed by atoms with Crippen molar-refractivity contribution < 1.29 is 13.5 Å². The van der Waals surface area contributed by atoms with Crippen LogP contribution in [-0.4, -0.2) is 50.6 Å². The lowest BCUT2D eigenvalue weighted by Gasteiger charge is -2.06. The van der Waals surface area contributed by atoms with Gasteiger partial charge in [0.2, 0.25) is 27.8 Å². The van der Waals surface area contributed by atoms with E-state index in [1.165, 1.54) is 0 Å². The number of anilines is 1. The van der Waals surface area contributed by atoms with Crippen molar-refractivity contribution in [3.05, 3.63) is 10.6 Å². The number of nitrogens with zero attached hydrogens (tertiary/aromatic N) is 3. The van der Waals surface area contributed by atoms with Crippen LogP contribution in [-0.2, 0) is 15.4 Å². The van der Waals surface area contributed by atoms with Crippen LogP contribution >= 0.6 is 23.2 Å². The van der Waals surface area contributed by atoms with Crippen molar-refractivity contribution >= 4 is 40.4 Å². The minimum Gasteiger partial charge on any atom is -0.396 e. The Morgan fingerprint density at radius 1 is 1.15 bits per heavy atom. The predicted molar refractivity (Wildman–Crippen MR) is 76.8 cm³/mol. The maximum atomic E-state index is 11.3. The largest absolute Gasteiger partial charge is 0.396 e. The van der Waals surface area contributed by atoms with Gasteiger partial charge in [-0.15, -0.1) is 0 Å². The zero-order chi connectivity index (χ0) is 14.8. The van der Waals surface area contributed by atoms with Crippen molar-refractivity contribution in [2.75, 3.05) is 31.6 Å². The van der Waals surface area contributed by atoms with Gasteiger partial charge in [-0.25, -0.2) is 8.93 Å². The molecule has 1 heterocycles. The molecule has 114 valence electrons. The molecule has 0 aliphatic carbocycles. The number of nitrogens with one attached hydrogen (secondary N) is 2. The minimum absolute atomic E-state index is 0.00347. The number of hydrogen-bond donors (Lipinski definition) is 3. The fourth-order valence-corrected chi connectivity index (χ4v) is 2.09. The standard InChI is InChI=1S/C9H15Cl2N5O3S/c10-7-14-8(11)16-9(15-7)12-3-4-13-20(18)19-6-2-1-5-17/h13,17H,1-6H2,(H,12,14,15,16). The molecule has 0 aliphatic heterocycles. The number of hydrogen-bond acceptors (Lipinski definition) is 7. The van der Waals surface area contributed by atoms with Crippen molar-refractivity contribution in [2.45, 2.75) is 12.8 Å². The summed E-state index contributed by atoms with van der Waals surface area (Å²) in [7, 11) is 0. The maximum absolute atomic E-state index is 11.3. The van der Waals surface area contributed by atoms with Gasteiger partial charge in [0.15, 0.2) is 0 Å². The van der Waals surface area contributed by atoms with E-state index < -0.39 is 11.3 Å². The molecule has 20 heavy (non-hydrogen) atoms. The molecule has 0 aliphatic rings. The Hall–Kier alpha value is -0.580. The second-order valence-corrected chi connectivity index (χ2v) is 5.18. The van der Waals surface area contributed by atoms with Gasteiger partial charge < -0.3 is 10.4 Å². The van der Waals surface area contributed by atoms with Crippen LogP contribution in [0.15, 0.2) is 0 Å². The fraction of sp³-hybridized carbons (Fsp3) is 0.667. The number of aliphatic hydroxyl groups excluding tert-OH is 1. The quantitative estimate of drug-likeness (QED) is 0.532. The number of aliphatic hydroxyl groups is 1. The first kappa shape index (κ1) is 17.5. The first-order valence-electron chi connectivity index (χ1n) is 5.82. The predicted octanol–water partition coefficient (Wildman–Crippen LogP) is 0.548. The summed E-state index contributed by atoms with van der Waals surface area (Å²) in [6, 6.07) is 0. The van der Waals surface area contributed by atoms with Gasteiger partial charge >= 0.3 is 0 Å². The van der Waals surface area contributed by atoms with Crippen molar-refractivity contribution in [1.29, 1.82) is 0 Å². The maximum Gasteiger partial charge on any atom is 0.234 e. The van der Waals surface area contributed by atoms with Crippen LogP contribution in [0.4, 0.5) is 5.95 Å². The van der Waals surface area contributed by atoms with Crippen LogP contribution in [0.5, 0.6) is 0 Å². The lowest BCUT2D eigenvalue weighted by Crippen LogP contribution is -2.26. The van der Waals surface area contributed by atoms with E-state index in [4.69, 9.17) is 32.5 Å². The zero-order valence-corrected chi connectivity index (χ0v) is 12.8. The summed E-state index contributed by atoms with van der Waals surface area (Å²) in [6.45, 7) is 1.20. The Labute approximate surface area is 129 Å². The minimum atomic E-state index is -1.57. The Kier molecular flexibility index (Phi) is 8.90. The van der Waals surface area contributed by atoms with E-state index in [0.29, 0.717) is 32.5 Å². The summed E-state index contributed by atoms with van der Waals surface area (Å²) in [4.78, 5) is 11.2. The van der Waals surface area contributed by atoms with Gasteiger partial charge in [-0.1, -0.05) is 0 Å². The van der Waals surface area contributed by atoms with E-state index in [-0.39, 0.29) is 23.1 Å². The SMILES string of the molecule is O=S(NCCNc1nc(Cl)nc(Cl)n1)OCCCCO. The second kappa shape index (κ2) is 10.2. The topological polar surface area (TPSA) is 109 Å². The van der Waals surface area contributed by atoms with Crippen LogP contribution in [0, 0.1) is 0 Å². The van der Waals surface area contributed by atoms with Crippen LogP contribution < -0.4 is 10.0 Å². The summed E-state index contributed by atoms with van der Waals surface area (Å²) < 4.78 is 18.9. The number of rotatable bonds is 10. The summed E-state index contributed by atoms with van der Waals surface area (Å²) in [5, 5.41) is 11.4. The summed E-state index contributed by atoms with van der Waals surface area (Å²) >= 11 is 9.65. The molecular formula is C9H15Cl2N5O3S. The summed E-state index contributed by atoms with van der Waals surface area (Å²) in [5.74, 6) is 0.242. The van der Waals surface area contributed by atoms with E-state index in [9.17, 15) is 4.21 Å². The van der Waals surface area contributed by atoms with E-state index >= 15 is 0 Å². The number of aromatic nitrogens is 3. The van der Waals surface area contributed by atoms with E-state index in [2.05, 4.69) is 25.0 Å². The monoisotopic (exact) mass is 343 g/mol. The molecular weight excluding hydrogens is 329 g/mol. The van der Waals surface area contributed by atoms with E-state index in [1.54, 1.807) is 0 Å². The van der Waals surface area contributed by atoms with Crippen molar-refractivity contribution in [1.82, 2.24) is 19.7 Å². The average Bonchev–Trinajstić information content (AvgIpc) is 2.39. The van der Waals surface area contributed by atoms with Gasteiger partial charge in [-0.3, -0.25) is 4.18 Å². The van der Waals surface area contributed by atoms with Gasteiger partial charge in [-0.05, 0) is 36.0 Å². The molecule has 1 aromatic rings. The molecule has 1 unspecified atom stereocenters. The third-order valence-corrected chi connectivity index (χ3v) is 3.11. The highest BCUT2D eigenvalue weighted by Crippen LogP contribution is 2.08. The van der Waals surface area contributed by atoms with Crippen molar-refractivity contribution in [3.63, 3.8) is 0 Å². The van der Waals surface area contributed by atoms with Crippen LogP contribution in [0.25, 0.3) is 0 Å². The molecule has 0 amide bonds. The summed E-state index contributed by atoms with van der Waals surface area (Å²) in [5.41, 5.74) is 0. The van der Waals surface area contributed by atoms with Gasteiger partial charge in [0.05, 0.1) is 6.61 Å². The molecule has 1 aromatic heterocycles. The smallest absolute Gasteiger partial charge is 0.234 e. The summed E-state index contributed by atoms with van der Waals surface area (Å²) in [6.07, 6.45) is 1.28. The Balaban J connectivity index is 2.13. The highest BCUT2D eigenvalue weighted by molar-refractivity contribution is 7.78. The van der Waals surface area contributed by atoms with Gasteiger partial charge in [0, 0.05) is 19.7 Å². The van der Waals surface area contributed by atoms with E-state index in [0.717, 1.165) is 0 Å². The third-order valence-electron chi connectivity index (χ3n) is 1.95. The molecule has 0 saturated heterocycles. The van der Waals surface area contributed by atoms with Gasteiger partial charge in [-0.2, -0.15) is 15.0 Å². The number of halogens is 2. The van der Waals surface area contributed by atoms with Crippen LogP contribution in [0.1, 0.15) is 12.8 Å².